The van der Waals surface area contributed by atoms with E-state index in [1.807, 2.05) is 45.0 Å². The number of allylic oxidation sites excluding steroid dienone is 1. The van der Waals surface area contributed by atoms with E-state index in [2.05, 4.69) is 5.32 Å². The number of rotatable bonds is 5. The maximum atomic E-state index is 12.4. The predicted octanol–water partition coefficient (Wildman–Crippen LogP) is 3.53. The SMILES string of the molecule is CC(C)(C)N=C(/C=C(\N)C1CCC(OC=O)C1)Nc1cccc2c1CCCS2=O. The van der Waals surface area contributed by atoms with Gasteiger partial charge in [0, 0.05) is 28.0 Å². The van der Waals surface area contributed by atoms with Crippen LogP contribution < -0.4 is 11.1 Å². The average Bonchev–Trinajstić information content (AvgIpc) is 3.10. The molecule has 1 aromatic carbocycles. The van der Waals surface area contributed by atoms with Crippen LogP contribution in [0.15, 0.2) is 39.9 Å². The van der Waals surface area contributed by atoms with E-state index in [1.165, 1.54) is 0 Å². The molecule has 0 aromatic heterocycles. The van der Waals surface area contributed by atoms with Gasteiger partial charge in [0.15, 0.2) is 0 Å². The Morgan fingerprint density at radius 2 is 2.14 bits per heavy atom. The molecule has 6 nitrogen and oxygen atoms in total. The molecule has 0 radical (unpaired) electrons. The van der Waals surface area contributed by atoms with Crippen molar-refractivity contribution in [2.45, 2.75) is 69.4 Å². The number of anilines is 1. The smallest absolute Gasteiger partial charge is 0.293 e. The fourth-order valence-electron chi connectivity index (χ4n) is 3.96. The van der Waals surface area contributed by atoms with Crippen molar-refractivity contribution in [2.24, 2.45) is 16.6 Å². The molecule has 1 fully saturated rings. The zero-order valence-electron chi connectivity index (χ0n) is 17.4. The molecule has 3 rings (SSSR count). The molecule has 3 N–H and O–H groups in total. The number of hydrogen-bond donors (Lipinski definition) is 2. The first-order valence-corrected chi connectivity index (χ1v) is 11.5. The zero-order valence-corrected chi connectivity index (χ0v) is 18.3. The number of amidine groups is 1. The van der Waals surface area contributed by atoms with Crippen molar-refractivity contribution in [3.05, 3.63) is 35.5 Å². The molecule has 7 heteroatoms. The highest BCUT2D eigenvalue weighted by Gasteiger charge is 2.28. The molecular weight excluding hydrogens is 386 g/mol. The van der Waals surface area contributed by atoms with E-state index in [9.17, 15) is 9.00 Å². The number of carbonyl (C=O) groups excluding carboxylic acids is 1. The fraction of sp³-hybridized carbons (Fsp3) is 0.545. The topological polar surface area (TPSA) is 93.8 Å². The van der Waals surface area contributed by atoms with E-state index in [0.717, 1.165) is 59.7 Å². The number of nitrogens with one attached hydrogen (secondary N) is 1. The minimum absolute atomic E-state index is 0.0588. The summed E-state index contributed by atoms with van der Waals surface area (Å²) in [6, 6.07) is 5.89. The monoisotopic (exact) mass is 417 g/mol. The van der Waals surface area contributed by atoms with E-state index in [0.29, 0.717) is 12.3 Å². The van der Waals surface area contributed by atoms with Crippen LogP contribution in [0.2, 0.25) is 0 Å². The van der Waals surface area contributed by atoms with E-state index in [1.54, 1.807) is 0 Å². The average molecular weight is 418 g/mol. The van der Waals surface area contributed by atoms with E-state index >= 15 is 0 Å². The van der Waals surface area contributed by atoms with Gasteiger partial charge in [0.05, 0.1) is 16.3 Å². The van der Waals surface area contributed by atoms with Crippen LogP contribution in [-0.4, -0.2) is 33.9 Å². The third-order valence-electron chi connectivity index (χ3n) is 5.26. The summed E-state index contributed by atoms with van der Waals surface area (Å²) in [6.45, 7) is 6.64. The van der Waals surface area contributed by atoms with Crippen LogP contribution >= 0.6 is 0 Å². The summed E-state index contributed by atoms with van der Waals surface area (Å²) in [7, 11) is -0.940. The Bertz CT molecular complexity index is 842. The number of ether oxygens (including phenoxy) is 1. The van der Waals surface area contributed by atoms with E-state index in [-0.39, 0.29) is 17.6 Å². The number of carbonyl (C=O) groups is 1. The molecule has 158 valence electrons. The fourth-order valence-corrected chi connectivity index (χ4v) is 5.30. The minimum Gasteiger partial charge on any atom is -0.465 e. The van der Waals surface area contributed by atoms with Crippen LogP contribution in [0, 0.1) is 5.92 Å². The summed E-state index contributed by atoms with van der Waals surface area (Å²) < 4.78 is 17.5. The van der Waals surface area contributed by atoms with Gasteiger partial charge in [-0.15, -0.1) is 0 Å². The first kappa shape index (κ1) is 21.6. The molecule has 0 spiro atoms. The first-order chi connectivity index (χ1) is 13.8. The number of nitrogens with two attached hydrogens (primary N) is 1. The van der Waals surface area contributed by atoms with Gasteiger partial charge in [-0.2, -0.15) is 0 Å². The standard InChI is InChI=1S/C22H31N3O3S/c1-22(2,3)25-21(13-18(23)15-9-10-16(12-15)28-14-26)24-19-7-4-8-20-17(19)6-5-11-29(20)27/h4,7-8,13-16H,5-6,9-12,23H2,1-3H3,(H,24,25)/b18-13-. The van der Waals surface area contributed by atoms with Crippen LogP contribution in [-0.2, 0) is 26.8 Å². The summed E-state index contributed by atoms with van der Waals surface area (Å²) in [5.41, 5.74) is 8.92. The van der Waals surface area contributed by atoms with Gasteiger partial charge >= 0.3 is 0 Å². The van der Waals surface area contributed by atoms with Crippen LogP contribution in [0.25, 0.3) is 0 Å². The zero-order chi connectivity index (χ0) is 21.0. The molecule has 2 aliphatic rings. The Balaban J connectivity index is 1.86. The molecule has 1 aliphatic heterocycles. The molecule has 1 aliphatic carbocycles. The van der Waals surface area contributed by atoms with Crippen molar-refractivity contribution in [1.29, 1.82) is 0 Å². The lowest BCUT2D eigenvalue weighted by Crippen LogP contribution is -2.23. The number of benzene rings is 1. The lowest BCUT2D eigenvalue weighted by molar-refractivity contribution is -0.133. The van der Waals surface area contributed by atoms with Crippen molar-refractivity contribution in [1.82, 2.24) is 0 Å². The highest BCUT2D eigenvalue weighted by molar-refractivity contribution is 7.85. The van der Waals surface area contributed by atoms with Gasteiger partial charge in [0.1, 0.15) is 11.9 Å². The van der Waals surface area contributed by atoms with Crippen molar-refractivity contribution in [3.8, 4) is 0 Å². The molecule has 1 aromatic rings. The molecule has 0 bridgehead atoms. The molecule has 0 amide bonds. The number of aliphatic imine (C=N–C) groups is 1. The van der Waals surface area contributed by atoms with Gasteiger partial charge in [-0.05, 0) is 76.6 Å². The molecule has 1 saturated carbocycles. The first-order valence-electron chi connectivity index (χ1n) is 10.2. The summed E-state index contributed by atoms with van der Waals surface area (Å²) in [6.07, 6.45) is 6.12. The van der Waals surface area contributed by atoms with Gasteiger partial charge in [0.25, 0.3) is 6.47 Å². The maximum absolute atomic E-state index is 12.4. The number of nitrogens with zero attached hydrogens (tertiary/aromatic N) is 1. The number of fused-ring (bicyclic) bond motifs is 1. The highest BCUT2D eigenvalue weighted by atomic mass is 32.2. The van der Waals surface area contributed by atoms with Crippen molar-refractivity contribution < 1.29 is 13.7 Å². The molecule has 3 unspecified atom stereocenters. The van der Waals surface area contributed by atoms with Gasteiger partial charge in [-0.25, -0.2) is 0 Å². The Hall–Kier alpha value is -2.15. The predicted molar refractivity (Wildman–Crippen MR) is 117 cm³/mol. The Morgan fingerprint density at radius 3 is 2.86 bits per heavy atom. The van der Waals surface area contributed by atoms with Crippen LogP contribution in [0.5, 0.6) is 0 Å². The summed E-state index contributed by atoms with van der Waals surface area (Å²) in [5.74, 6) is 1.58. The molecule has 3 atom stereocenters. The lowest BCUT2D eigenvalue weighted by atomic mass is 10.0. The second-order valence-electron chi connectivity index (χ2n) is 8.74. The normalized spacial score (nSPS) is 25.4. The van der Waals surface area contributed by atoms with Crippen LogP contribution in [0.4, 0.5) is 5.69 Å². The van der Waals surface area contributed by atoms with Gasteiger partial charge in [0.2, 0.25) is 0 Å². The maximum Gasteiger partial charge on any atom is 0.293 e. The Labute approximate surface area is 175 Å². The summed E-state index contributed by atoms with van der Waals surface area (Å²) >= 11 is 0. The minimum atomic E-state index is -0.940. The second-order valence-corrected chi connectivity index (χ2v) is 10.3. The van der Waals surface area contributed by atoms with Gasteiger partial charge in [-0.3, -0.25) is 14.0 Å². The van der Waals surface area contributed by atoms with Crippen LogP contribution in [0.1, 0.15) is 52.0 Å². The molecule has 1 heterocycles. The van der Waals surface area contributed by atoms with E-state index in [4.69, 9.17) is 15.5 Å². The second kappa shape index (κ2) is 9.11. The summed E-state index contributed by atoms with van der Waals surface area (Å²) in [5, 5.41) is 3.45. The molecule has 29 heavy (non-hydrogen) atoms. The summed E-state index contributed by atoms with van der Waals surface area (Å²) in [4.78, 5) is 16.3. The van der Waals surface area contributed by atoms with E-state index < -0.39 is 10.8 Å². The molecule has 0 saturated heterocycles. The lowest BCUT2D eigenvalue weighted by Gasteiger charge is -2.22. The van der Waals surface area contributed by atoms with Crippen molar-refractivity contribution in [3.63, 3.8) is 0 Å². The Kier molecular flexibility index (Phi) is 6.77. The van der Waals surface area contributed by atoms with Gasteiger partial charge in [-0.1, -0.05) is 6.07 Å². The molecular formula is C22H31N3O3S. The third kappa shape index (κ3) is 5.69. The number of hydrogen-bond acceptors (Lipinski definition) is 5. The van der Waals surface area contributed by atoms with Crippen molar-refractivity contribution >= 4 is 28.8 Å². The van der Waals surface area contributed by atoms with Gasteiger partial charge < -0.3 is 15.8 Å². The third-order valence-corrected chi connectivity index (χ3v) is 6.79. The quantitative estimate of drug-likeness (QED) is 0.434. The van der Waals surface area contributed by atoms with Crippen molar-refractivity contribution in [2.75, 3.05) is 11.1 Å². The van der Waals surface area contributed by atoms with Crippen LogP contribution in [0.3, 0.4) is 0 Å². The largest absolute Gasteiger partial charge is 0.465 e. The Morgan fingerprint density at radius 1 is 1.34 bits per heavy atom. The highest BCUT2D eigenvalue weighted by Crippen LogP contribution is 2.32.